The fourth-order valence-corrected chi connectivity index (χ4v) is 2.74. The van der Waals surface area contributed by atoms with Gasteiger partial charge in [-0.15, -0.1) is 0 Å². The standard InChI is InChI=1S/C21H24N4O/c1-24(2)23-21(25-15-14-22-17-25)20-13-7-6-9-18(20)10-8-16-26-19-11-4-3-5-12-19/h3-7,9,11-15,17H,8,10,16H2,1-2H3. The minimum absolute atomic E-state index is 0.684. The predicted octanol–water partition coefficient (Wildman–Crippen LogP) is 3.67. The van der Waals surface area contributed by atoms with Crippen LogP contribution in [0.4, 0.5) is 0 Å². The number of benzene rings is 2. The second-order valence-electron chi connectivity index (χ2n) is 6.16. The highest BCUT2D eigenvalue weighted by Gasteiger charge is 2.11. The highest BCUT2D eigenvalue weighted by atomic mass is 16.5. The lowest BCUT2D eigenvalue weighted by Crippen LogP contribution is -2.19. The molecule has 0 atom stereocenters. The van der Waals surface area contributed by atoms with Gasteiger partial charge in [-0.1, -0.05) is 42.5 Å². The molecule has 3 rings (SSSR count). The molecule has 0 unspecified atom stereocenters. The fourth-order valence-electron chi connectivity index (χ4n) is 2.74. The maximum atomic E-state index is 5.81. The third-order valence-electron chi connectivity index (χ3n) is 3.90. The third kappa shape index (κ3) is 4.72. The first kappa shape index (κ1) is 17.7. The van der Waals surface area contributed by atoms with Crippen molar-refractivity contribution < 1.29 is 4.74 Å². The Balaban J connectivity index is 1.72. The molecule has 26 heavy (non-hydrogen) atoms. The highest BCUT2D eigenvalue weighted by Crippen LogP contribution is 2.15. The minimum Gasteiger partial charge on any atom is -0.494 e. The molecule has 2 aromatic carbocycles. The van der Waals surface area contributed by atoms with E-state index in [9.17, 15) is 0 Å². The van der Waals surface area contributed by atoms with Gasteiger partial charge in [0.25, 0.3) is 0 Å². The maximum Gasteiger partial charge on any atom is 0.165 e. The molecule has 0 amide bonds. The predicted molar refractivity (Wildman–Crippen MR) is 105 cm³/mol. The number of hydrogen-bond donors (Lipinski definition) is 0. The van der Waals surface area contributed by atoms with Crippen molar-refractivity contribution in [3.8, 4) is 5.75 Å². The molecular weight excluding hydrogens is 324 g/mol. The van der Waals surface area contributed by atoms with Gasteiger partial charge >= 0.3 is 0 Å². The summed E-state index contributed by atoms with van der Waals surface area (Å²) in [5.41, 5.74) is 2.36. The lowest BCUT2D eigenvalue weighted by atomic mass is 10.0. The quantitative estimate of drug-likeness (QED) is 0.283. The Kier molecular flexibility index (Phi) is 6.04. The van der Waals surface area contributed by atoms with E-state index in [4.69, 9.17) is 4.74 Å². The summed E-state index contributed by atoms with van der Waals surface area (Å²) in [5, 5.41) is 6.48. The maximum absolute atomic E-state index is 5.81. The van der Waals surface area contributed by atoms with E-state index in [1.807, 2.05) is 66.3 Å². The Morgan fingerprint density at radius 1 is 1.08 bits per heavy atom. The van der Waals surface area contributed by atoms with E-state index in [1.54, 1.807) is 12.5 Å². The van der Waals surface area contributed by atoms with Crippen molar-refractivity contribution in [3.63, 3.8) is 0 Å². The fraction of sp³-hybridized carbons (Fsp3) is 0.238. The summed E-state index contributed by atoms with van der Waals surface area (Å²) in [6.07, 6.45) is 7.31. The molecule has 0 aliphatic rings. The van der Waals surface area contributed by atoms with Crippen LogP contribution in [-0.4, -0.2) is 41.1 Å². The van der Waals surface area contributed by atoms with Gasteiger partial charge in [0.05, 0.1) is 6.61 Å². The van der Waals surface area contributed by atoms with E-state index < -0.39 is 0 Å². The van der Waals surface area contributed by atoms with E-state index in [1.165, 1.54) is 5.56 Å². The first-order chi connectivity index (χ1) is 12.7. The minimum atomic E-state index is 0.684. The first-order valence-electron chi connectivity index (χ1n) is 8.74. The lowest BCUT2D eigenvalue weighted by molar-refractivity contribution is 0.311. The molecule has 1 heterocycles. The summed E-state index contributed by atoms with van der Waals surface area (Å²) < 4.78 is 7.75. The molecule has 0 aliphatic carbocycles. The van der Waals surface area contributed by atoms with Crippen molar-refractivity contribution in [1.29, 1.82) is 0 Å². The zero-order chi connectivity index (χ0) is 18.2. The molecule has 5 nitrogen and oxygen atoms in total. The zero-order valence-corrected chi connectivity index (χ0v) is 15.2. The molecule has 0 saturated carbocycles. The molecule has 0 spiro atoms. The number of aryl methyl sites for hydroxylation is 1. The highest BCUT2D eigenvalue weighted by molar-refractivity contribution is 6.01. The van der Waals surface area contributed by atoms with E-state index in [2.05, 4.69) is 28.3 Å². The van der Waals surface area contributed by atoms with Crippen molar-refractivity contribution in [2.75, 3.05) is 20.7 Å². The summed E-state index contributed by atoms with van der Waals surface area (Å²) >= 11 is 0. The van der Waals surface area contributed by atoms with Crippen LogP contribution >= 0.6 is 0 Å². The third-order valence-corrected chi connectivity index (χ3v) is 3.90. The monoisotopic (exact) mass is 348 g/mol. The summed E-state index contributed by atoms with van der Waals surface area (Å²) in [4.78, 5) is 4.16. The summed E-state index contributed by atoms with van der Waals surface area (Å²) in [7, 11) is 3.85. The Labute approximate surface area is 154 Å². The van der Waals surface area contributed by atoms with Crippen LogP contribution in [0.5, 0.6) is 5.75 Å². The second kappa shape index (κ2) is 8.85. The first-order valence-corrected chi connectivity index (χ1v) is 8.74. The Bertz CT molecular complexity index is 826. The topological polar surface area (TPSA) is 42.6 Å². The van der Waals surface area contributed by atoms with Gasteiger partial charge in [0.1, 0.15) is 12.1 Å². The van der Waals surface area contributed by atoms with Crippen LogP contribution in [-0.2, 0) is 6.42 Å². The Morgan fingerprint density at radius 3 is 2.58 bits per heavy atom. The molecule has 0 fully saturated rings. The second-order valence-corrected chi connectivity index (χ2v) is 6.16. The van der Waals surface area contributed by atoms with Crippen LogP contribution in [0.25, 0.3) is 0 Å². The van der Waals surface area contributed by atoms with Gasteiger partial charge in [-0.3, -0.25) is 4.57 Å². The van der Waals surface area contributed by atoms with Gasteiger partial charge < -0.3 is 9.75 Å². The summed E-state index contributed by atoms with van der Waals surface area (Å²) in [6.45, 7) is 0.684. The van der Waals surface area contributed by atoms with Crippen LogP contribution in [0.2, 0.25) is 0 Å². The SMILES string of the molecule is CN(C)N=C(c1ccccc1CCCOc1ccccc1)n1ccnc1. The summed E-state index contributed by atoms with van der Waals surface area (Å²) in [5.74, 6) is 1.78. The van der Waals surface area contributed by atoms with Crippen LogP contribution in [0.1, 0.15) is 17.5 Å². The van der Waals surface area contributed by atoms with Crippen LogP contribution < -0.4 is 4.74 Å². The summed E-state index contributed by atoms with van der Waals surface area (Å²) in [6, 6.07) is 18.3. The Morgan fingerprint density at radius 2 is 1.85 bits per heavy atom. The smallest absolute Gasteiger partial charge is 0.165 e. The molecule has 1 aromatic heterocycles. The van der Waals surface area contributed by atoms with Gasteiger partial charge in [0.15, 0.2) is 5.84 Å². The number of hydrazone groups is 1. The number of para-hydroxylation sites is 1. The molecule has 0 aliphatic heterocycles. The molecule has 0 radical (unpaired) electrons. The average Bonchev–Trinajstić information content (AvgIpc) is 3.19. The average molecular weight is 348 g/mol. The van der Waals surface area contributed by atoms with Gasteiger partial charge in [-0.25, -0.2) is 4.98 Å². The van der Waals surface area contributed by atoms with Crippen molar-refractivity contribution in [3.05, 3.63) is 84.4 Å². The van der Waals surface area contributed by atoms with Crippen molar-refractivity contribution in [2.24, 2.45) is 5.10 Å². The lowest BCUT2D eigenvalue weighted by Gasteiger charge is -2.15. The molecule has 0 N–H and O–H groups in total. The van der Waals surface area contributed by atoms with E-state index in [-0.39, 0.29) is 0 Å². The largest absolute Gasteiger partial charge is 0.494 e. The molecule has 3 aromatic rings. The number of nitrogens with zero attached hydrogens (tertiary/aromatic N) is 4. The molecule has 0 saturated heterocycles. The number of ether oxygens (including phenoxy) is 1. The van der Waals surface area contributed by atoms with Gasteiger partial charge in [0.2, 0.25) is 0 Å². The number of imidazole rings is 1. The zero-order valence-electron chi connectivity index (χ0n) is 15.2. The van der Waals surface area contributed by atoms with Crippen molar-refractivity contribution >= 4 is 5.84 Å². The van der Waals surface area contributed by atoms with E-state index in [0.29, 0.717) is 6.61 Å². The van der Waals surface area contributed by atoms with Gasteiger partial charge in [-0.2, -0.15) is 5.10 Å². The normalized spacial score (nSPS) is 11.4. The Hall–Kier alpha value is -3.08. The number of rotatable bonds is 7. The van der Waals surface area contributed by atoms with Crippen molar-refractivity contribution in [1.82, 2.24) is 14.6 Å². The number of hydrogen-bond acceptors (Lipinski definition) is 4. The van der Waals surface area contributed by atoms with Crippen molar-refractivity contribution in [2.45, 2.75) is 12.8 Å². The number of aromatic nitrogens is 2. The molecule has 5 heteroatoms. The van der Waals surface area contributed by atoms with E-state index in [0.717, 1.165) is 30.0 Å². The van der Waals surface area contributed by atoms with Crippen LogP contribution in [0, 0.1) is 0 Å². The van der Waals surface area contributed by atoms with E-state index >= 15 is 0 Å². The molecular formula is C21H24N4O. The van der Waals surface area contributed by atoms with Crippen LogP contribution in [0.15, 0.2) is 78.4 Å². The van der Waals surface area contributed by atoms with Gasteiger partial charge in [0, 0.05) is 32.1 Å². The molecule has 134 valence electrons. The van der Waals surface area contributed by atoms with Gasteiger partial charge in [-0.05, 0) is 30.5 Å². The molecule has 0 bridgehead atoms. The van der Waals surface area contributed by atoms with Crippen LogP contribution in [0.3, 0.4) is 0 Å².